The molecule has 3 heterocycles. The van der Waals surface area contributed by atoms with Crippen LogP contribution in [0.4, 0.5) is 0 Å². The lowest BCUT2D eigenvalue weighted by atomic mass is 9.89. The van der Waals surface area contributed by atoms with Crippen molar-refractivity contribution in [3.05, 3.63) is 47.1 Å². The second kappa shape index (κ2) is 4.70. The van der Waals surface area contributed by atoms with Crippen LogP contribution in [0.2, 0.25) is 0 Å². The summed E-state index contributed by atoms with van der Waals surface area (Å²) in [4.78, 5) is 4.61. The third-order valence-electron chi connectivity index (χ3n) is 4.58. The van der Waals surface area contributed by atoms with E-state index >= 15 is 0 Å². The summed E-state index contributed by atoms with van der Waals surface area (Å²) >= 11 is 0. The molecule has 0 spiro atoms. The summed E-state index contributed by atoms with van der Waals surface area (Å²) in [6.07, 6.45) is 4.44. The van der Waals surface area contributed by atoms with E-state index in [1.54, 1.807) is 0 Å². The Morgan fingerprint density at radius 1 is 1.25 bits per heavy atom. The van der Waals surface area contributed by atoms with Crippen LogP contribution < -0.4 is 5.32 Å². The Labute approximate surface area is 118 Å². The van der Waals surface area contributed by atoms with Crippen LogP contribution in [0.15, 0.2) is 28.8 Å². The summed E-state index contributed by atoms with van der Waals surface area (Å²) in [5, 5.41) is 7.76. The highest BCUT2D eigenvalue weighted by Gasteiger charge is 2.42. The Morgan fingerprint density at radius 3 is 2.80 bits per heavy atom. The number of nitrogens with one attached hydrogen (secondary N) is 1. The van der Waals surface area contributed by atoms with Crippen molar-refractivity contribution in [2.75, 3.05) is 0 Å². The number of rotatable bonds is 3. The zero-order valence-electron chi connectivity index (χ0n) is 11.7. The minimum Gasteiger partial charge on any atom is -0.339 e. The molecule has 4 heteroatoms. The monoisotopic (exact) mass is 269 g/mol. The van der Waals surface area contributed by atoms with Crippen molar-refractivity contribution in [1.82, 2.24) is 15.5 Å². The van der Waals surface area contributed by atoms with Gasteiger partial charge in [-0.25, -0.2) is 0 Å². The maximum absolute atomic E-state index is 5.50. The third kappa shape index (κ3) is 2.14. The molecule has 2 aliphatic heterocycles. The Kier molecular flexibility index (Phi) is 2.84. The fourth-order valence-corrected chi connectivity index (χ4v) is 3.48. The zero-order valence-corrected chi connectivity index (χ0v) is 11.7. The molecule has 2 saturated heterocycles. The lowest BCUT2D eigenvalue weighted by Gasteiger charge is -2.15. The van der Waals surface area contributed by atoms with Crippen LogP contribution in [-0.4, -0.2) is 22.2 Å². The lowest BCUT2D eigenvalue weighted by Crippen LogP contribution is -2.21. The highest BCUT2D eigenvalue weighted by atomic mass is 16.5. The average molecular weight is 269 g/mol. The first-order valence-electron chi connectivity index (χ1n) is 7.42. The van der Waals surface area contributed by atoms with Crippen molar-refractivity contribution in [2.24, 2.45) is 0 Å². The number of hydrogen-bond acceptors (Lipinski definition) is 4. The van der Waals surface area contributed by atoms with Gasteiger partial charge in [-0.1, -0.05) is 35.0 Å². The molecule has 0 amide bonds. The predicted molar refractivity (Wildman–Crippen MR) is 75.6 cm³/mol. The van der Waals surface area contributed by atoms with Gasteiger partial charge in [0.1, 0.15) is 0 Å². The van der Waals surface area contributed by atoms with Crippen LogP contribution >= 0.6 is 0 Å². The van der Waals surface area contributed by atoms with Gasteiger partial charge in [0.15, 0.2) is 5.82 Å². The van der Waals surface area contributed by atoms with Gasteiger partial charge >= 0.3 is 0 Å². The van der Waals surface area contributed by atoms with Gasteiger partial charge in [-0.15, -0.1) is 0 Å². The lowest BCUT2D eigenvalue weighted by molar-refractivity contribution is 0.327. The van der Waals surface area contributed by atoms with Crippen LogP contribution in [0.3, 0.4) is 0 Å². The van der Waals surface area contributed by atoms with Gasteiger partial charge in [0.25, 0.3) is 0 Å². The quantitative estimate of drug-likeness (QED) is 0.930. The van der Waals surface area contributed by atoms with Crippen LogP contribution in [0.5, 0.6) is 0 Å². The van der Waals surface area contributed by atoms with E-state index in [9.17, 15) is 0 Å². The largest absolute Gasteiger partial charge is 0.339 e. The first-order valence-corrected chi connectivity index (χ1v) is 7.42. The normalized spacial score (nSPS) is 28.1. The van der Waals surface area contributed by atoms with Gasteiger partial charge in [-0.2, -0.15) is 4.98 Å². The van der Waals surface area contributed by atoms with E-state index in [1.807, 2.05) is 0 Å². The molecule has 1 aromatic carbocycles. The highest BCUT2D eigenvalue weighted by Crippen LogP contribution is 2.39. The summed E-state index contributed by atoms with van der Waals surface area (Å²) in [5.41, 5.74) is 2.50. The number of benzene rings is 1. The maximum Gasteiger partial charge on any atom is 0.231 e. The molecular weight excluding hydrogens is 250 g/mol. The molecule has 4 rings (SSSR count). The molecule has 104 valence electrons. The summed E-state index contributed by atoms with van der Waals surface area (Å²) in [7, 11) is 0. The topological polar surface area (TPSA) is 51.0 Å². The molecule has 2 fully saturated rings. The van der Waals surface area contributed by atoms with E-state index in [1.165, 1.54) is 24.0 Å². The van der Waals surface area contributed by atoms with Gasteiger partial charge in [-0.3, -0.25) is 0 Å². The molecule has 3 atom stereocenters. The van der Waals surface area contributed by atoms with Crippen molar-refractivity contribution in [3.63, 3.8) is 0 Å². The Balaban J connectivity index is 1.49. The summed E-state index contributed by atoms with van der Waals surface area (Å²) in [6, 6.07) is 9.71. The zero-order chi connectivity index (χ0) is 13.5. The van der Waals surface area contributed by atoms with Crippen molar-refractivity contribution in [3.8, 4) is 0 Å². The second-order valence-corrected chi connectivity index (χ2v) is 6.10. The van der Waals surface area contributed by atoms with Crippen LogP contribution in [0.1, 0.15) is 48.0 Å². The second-order valence-electron chi connectivity index (χ2n) is 6.10. The number of fused-ring (bicyclic) bond motifs is 2. The van der Waals surface area contributed by atoms with E-state index in [4.69, 9.17) is 4.52 Å². The smallest absolute Gasteiger partial charge is 0.231 e. The molecule has 20 heavy (non-hydrogen) atoms. The standard InChI is InChI=1S/C16H19N3O/c1-10-2-4-11(5-3-10)8-15-18-16(20-19-15)13-9-12-6-7-14(13)17-12/h2-5,12-14,17H,6-9H2,1H3/t12-,13+,14+/m0/s1. The van der Waals surface area contributed by atoms with Crippen molar-refractivity contribution >= 4 is 0 Å². The summed E-state index contributed by atoms with van der Waals surface area (Å²) in [5.74, 6) is 2.05. The van der Waals surface area contributed by atoms with Crippen LogP contribution in [-0.2, 0) is 6.42 Å². The Bertz CT molecular complexity index is 604. The molecule has 1 aromatic heterocycles. The molecule has 0 unspecified atom stereocenters. The number of hydrogen-bond donors (Lipinski definition) is 1. The SMILES string of the molecule is Cc1ccc(Cc2noc([C@@H]3C[C@@H]4CC[C@H]3N4)n2)cc1. The molecule has 2 aromatic rings. The minimum absolute atomic E-state index is 0.424. The number of aromatic nitrogens is 2. The molecule has 0 radical (unpaired) electrons. The molecule has 2 bridgehead atoms. The summed E-state index contributed by atoms with van der Waals surface area (Å²) < 4.78 is 5.50. The predicted octanol–water partition coefficient (Wildman–Crippen LogP) is 2.58. The van der Waals surface area contributed by atoms with Crippen molar-refractivity contribution in [2.45, 2.75) is 50.6 Å². The first kappa shape index (κ1) is 12.1. The first-order chi connectivity index (χ1) is 9.78. The summed E-state index contributed by atoms with van der Waals surface area (Å²) in [6.45, 7) is 2.10. The van der Waals surface area contributed by atoms with Crippen molar-refractivity contribution < 1.29 is 4.52 Å². The fourth-order valence-electron chi connectivity index (χ4n) is 3.48. The Hall–Kier alpha value is -1.68. The van der Waals surface area contributed by atoms with Gasteiger partial charge in [-0.05, 0) is 31.7 Å². The minimum atomic E-state index is 0.424. The average Bonchev–Trinajstić information content (AvgIpc) is 3.17. The van der Waals surface area contributed by atoms with E-state index < -0.39 is 0 Å². The van der Waals surface area contributed by atoms with Crippen LogP contribution in [0, 0.1) is 6.92 Å². The number of nitrogens with zero attached hydrogens (tertiary/aromatic N) is 2. The van der Waals surface area contributed by atoms with E-state index in [-0.39, 0.29) is 0 Å². The Morgan fingerprint density at radius 2 is 2.10 bits per heavy atom. The van der Waals surface area contributed by atoms with Crippen LogP contribution in [0.25, 0.3) is 0 Å². The highest BCUT2D eigenvalue weighted by molar-refractivity contribution is 5.24. The molecule has 0 saturated carbocycles. The van der Waals surface area contributed by atoms with Gasteiger partial charge in [0.2, 0.25) is 5.89 Å². The molecular formula is C16H19N3O. The fraction of sp³-hybridized carbons (Fsp3) is 0.500. The van der Waals surface area contributed by atoms with E-state index in [0.29, 0.717) is 18.0 Å². The van der Waals surface area contributed by atoms with E-state index in [0.717, 1.165) is 24.6 Å². The van der Waals surface area contributed by atoms with Gasteiger partial charge < -0.3 is 9.84 Å². The molecule has 4 nitrogen and oxygen atoms in total. The maximum atomic E-state index is 5.50. The molecule has 1 N–H and O–H groups in total. The van der Waals surface area contributed by atoms with Crippen molar-refractivity contribution in [1.29, 1.82) is 0 Å². The third-order valence-corrected chi connectivity index (χ3v) is 4.58. The molecule has 0 aliphatic carbocycles. The molecule has 2 aliphatic rings. The van der Waals surface area contributed by atoms with Gasteiger partial charge in [0, 0.05) is 18.5 Å². The number of aryl methyl sites for hydroxylation is 1. The van der Waals surface area contributed by atoms with Gasteiger partial charge in [0.05, 0.1) is 5.92 Å². The van der Waals surface area contributed by atoms with E-state index in [2.05, 4.69) is 46.6 Å².